The zero-order chi connectivity index (χ0) is 13.2. The van der Waals surface area contributed by atoms with E-state index >= 15 is 0 Å². The average Bonchev–Trinajstić information content (AvgIpc) is 2.57. The topological polar surface area (TPSA) is 49.4 Å². The number of halogens is 1. The number of rotatable bonds is 2. The van der Waals surface area contributed by atoms with Crippen molar-refractivity contribution >= 4 is 21.6 Å². The second-order valence-corrected chi connectivity index (χ2v) is 6.76. The molecule has 0 amide bonds. The van der Waals surface area contributed by atoms with Crippen LogP contribution in [-0.2, 0) is 10.0 Å². The van der Waals surface area contributed by atoms with Crippen molar-refractivity contribution in [2.45, 2.75) is 18.2 Å². The van der Waals surface area contributed by atoms with Gasteiger partial charge in [0, 0.05) is 19.6 Å². The molecule has 0 spiro atoms. The number of hydrogen-bond acceptors (Lipinski definition) is 3. The minimum atomic E-state index is -3.47. The molecule has 4 nitrogen and oxygen atoms in total. The van der Waals surface area contributed by atoms with E-state index in [1.165, 1.54) is 4.31 Å². The molecule has 0 saturated carbocycles. The van der Waals surface area contributed by atoms with Crippen molar-refractivity contribution in [3.63, 3.8) is 0 Å². The highest BCUT2D eigenvalue weighted by Crippen LogP contribution is 2.25. The molecule has 1 saturated heterocycles. The van der Waals surface area contributed by atoms with Crippen molar-refractivity contribution in [1.29, 1.82) is 0 Å². The van der Waals surface area contributed by atoms with Gasteiger partial charge in [0.25, 0.3) is 0 Å². The Morgan fingerprint density at radius 2 is 2.06 bits per heavy atom. The molecule has 1 aliphatic rings. The second-order valence-electron chi connectivity index (χ2n) is 4.44. The summed E-state index contributed by atoms with van der Waals surface area (Å²) in [6, 6.07) is 5.05. The molecule has 0 atom stereocenters. The summed E-state index contributed by atoms with van der Waals surface area (Å²) in [4.78, 5) is 0.205. The molecule has 1 heterocycles. The van der Waals surface area contributed by atoms with Crippen LogP contribution in [0.15, 0.2) is 23.1 Å². The van der Waals surface area contributed by atoms with E-state index in [0.29, 0.717) is 24.7 Å². The fourth-order valence-corrected chi connectivity index (χ4v) is 4.07. The fraction of sp³-hybridized carbons (Fsp3) is 0.500. The maximum atomic E-state index is 12.5. The number of hydrogen-bond donors (Lipinski definition) is 1. The summed E-state index contributed by atoms with van der Waals surface area (Å²) in [6.07, 6.45) is 0.822. The van der Waals surface area contributed by atoms with Crippen LogP contribution in [0.2, 0.25) is 5.02 Å². The Labute approximate surface area is 113 Å². The summed E-state index contributed by atoms with van der Waals surface area (Å²) in [5.74, 6) is 0. The Bertz CT molecular complexity index is 523. The standard InChI is InChI=1S/C12H17ClN2O2S/c1-10-3-4-12(11(13)9-10)18(16,17)15-7-2-5-14-6-8-15/h3-4,9,14H,2,5-8H2,1H3. The molecule has 1 aliphatic heterocycles. The van der Waals surface area contributed by atoms with Crippen LogP contribution in [0.1, 0.15) is 12.0 Å². The zero-order valence-corrected chi connectivity index (χ0v) is 11.9. The number of aryl methyl sites for hydroxylation is 1. The van der Waals surface area contributed by atoms with Gasteiger partial charge in [-0.05, 0) is 37.6 Å². The predicted octanol–water partition coefficient (Wildman–Crippen LogP) is 1.63. The quantitative estimate of drug-likeness (QED) is 0.900. The number of sulfonamides is 1. The second kappa shape index (κ2) is 5.57. The molecule has 6 heteroatoms. The Hall–Kier alpha value is -0.620. The van der Waals surface area contributed by atoms with Gasteiger partial charge in [0.1, 0.15) is 4.90 Å². The molecule has 0 unspecified atom stereocenters. The van der Waals surface area contributed by atoms with Crippen molar-refractivity contribution in [3.8, 4) is 0 Å². The van der Waals surface area contributed by atoms with Crippen LogP contribution in [0.25, 0.3) is 0 Å². The molecule has 1 aromatic rings. The lowest BCUT2D eigenvalue weighted by Crippen LogP contribution is -2.34. The molecule has 100 valence electrons. The lowest BCUT2D eigenvalue weighted by molar-refractivity contribution is 0.432. The Morgan fingerprint density at radius 3 is 2.78 bits per heavy atom. The molecule has 2 rings (SSSR count). The average molecular weight is 289 g/mol. The Balaban J connectivity index is 2.34. The van der Waals surface area contributed by atoms with Crippen molar-refractivity contribution in [2.75, 3.05) is 26.2 Å². The monoisotopic (exact) mass is 288 g/mol. The molecular formula is C12H17ClN2O2S. The van der Waals surface area contributed by atoms with Crippen LogP contribution >= 0.6 is 11.6 Å². The smallest absolute Gasteiger partial charge is 0.244 e. The third-order valence-electron chi connectivity index (χ3n) is 3.00. The maximum absolute atomic E-state index is 12.5. The zero-order valence-electron chi connectivity index (χ0n) is 10.3. The van der Waals surface area contributed by atoms with E-state index in [-0.39, 0.29) is 4.90 Å². The summed E-state index contributed by atoms with van der Waals surface area (Å²) >= 11 is 6.05. The number of nitrogens with one attached hydrogen (secondary N) is 1. The molecule has 0 aromatic heterocycles. The SMILES string of the molecule is Cc1ccc(S(=O)(=O)N2CCCNCC2)c(Cl)c1. The van der Waals surface area contributed by atoms with Crippen LogP contribution in [0.5, 0.6) is 0 Å². The van der Waals surface area contributed by atoms with Gasteiger partial charge < -0.3 is 5.32 Å². The summed E-state index contributed by atoms with van der Waals surface area (Å²) in [5.41, 5.74) is 0.955. The number of benzene rings is 1. The van der Waals surface area contributed by atoms with E-state index in [0.717, 1.165) is 18.5 Å². The highest BCUT2D eigenvalue weighted by molar-refractivity contribution is 7.89. The Morgan fingerprint density at radius 1 is 1.28 bits per heavy atom. The van der Waals surface area contributed by atoms with Gasteiger partial charge in [-0.3, -0.25) is 0 Å². The van der Waals surface area contributed by atoms with E-state index in [1.54, 1.807) is 18.2 Å². The molecule has 1 aromatic carbocycles. The van der Waals surface area contributed by atoms with E-state index in [9.17, 15) is 8.42 Å². The Kier molecular flexibility index (Phi) is 4.27. The third-order valence-corrected chi connectivity index (χ3v) is 5.39. The van der Waals surface area contributed by atoms with Gasteiger partial charge in [0.2, 0.25) is 10.0 Å². The summed E-state index contributed by atoms with van der Waals surface area (Å²) in [5, 5.41) is 3.48. The molecule has 1 N–H and O–H groups in total. The molecule has 18 heavy (non-hydrogen) atoms. The first-order valence-electron chi connectivity index (χ1n) is 5.99. The van der Waals surface area contributed by atoms with Gasteiger partial charge in [-0.1, -0.05) is 17.7 Å². The molecular weight excluding hydrogens is 272 g/mol. The first kappa shape index (κ1) is 13.8. The van der Waals surface area contributed by atoms with Crippen LogP contribution in [-0.4, -0.2) is 38.9 Å². The first-order valence-corrected chi connectivity index (χ1v) is 7.80. The minimum absolute atomic E-state index is 0.205. The van der Waals surface area contributed by atoms with Gasteiger partial charge >= 0.3 is 0 Å². The minimum Gasteiger partial charge on any atom is -0.315 e. The van der Waals surface area contributed by atoms with Crippen LogP contribution < -0.4 is 5.32 Å². The molecule has 1 fully saturated rings. The van der Waals surface area contributed by atoms with E-state index in [2.05, 4.69) is 5.32 Å². The lowest BCUT2D eigenvalue weighted by atomic mass is 10.2. The van der Waals surface area contributed by atoms with E-state index in [4.69, 9.17) is 11.6 Å². The van der Waals surface area contributed by atoms with Crippen LogP contribution in [0, 0.1) is 6.92 Å². The van der Waals surface area contributed by atoms with Gasteiger partial charge in [-0.15, -0.1) is 0 Å². The normalized spacial score (nSPS) is 18.6. The predicted molar refractivity (Wildman–Crippen MR) is 72.4 cm³/mol. The molecule has 0 bridgehead atoms. The summed E-state index contributed by atoms with van der Waals surface area (Å²) in [6.45, 7) is 4.46. The lowest BCUT2D eigenvalue weighted by Gasteiger charge is -2.20. The highest BCUT2D eigenvalue weighted by Gasteiger charge is 2.26. The van der Waals surface area contributed by atoms with Gasteiger partial charge in [0.15, 0.2) is 0 Å². The highest BCUT2D eigenvalue weighted by atomic mass is 35.5. The van der Waals surface area contributed by atoms with Crippen molar-refractivity contribution in [2.24, 2.45) is 0 Å². The summed E-state index contributed by atoms with van der Waals surface area (Å²) < 4.78 is 26.5. The third kappa shape index (κ3) is 2.85. The molecule has 0 radical (unpaired) electrons. The largest absolute Gasteiger partial charge is 0.315 e. The summed E-state index contributed by atoms with van der Waals surface area (Å²) in [7, 11) is -3.47. The van der Waals surface area contributed by atoms with Crippen LogP contribution in [0.4, 0.5) is 0 Å². The maximum Gasteiger partial charge on any atom is 0.244 e. The van der Waals surface area contributed by atoms with Crippen molar-refractivity contribution in [1.82, 2.24) is 9.62 Å². The van der Waals surface area contributed by atoms with Gasteiger partial charge in [-0.2, -0.15) is 4.31 Å². The molecule has 0 aliphatic carbocycles. The van der Waals surface area contributed by atoms with E-state index < -0.39 is 10.0 Å². The van der Waals surface area contributed by atoms with Gasteiger partial charge in [0.05, 0.1) is 5.02 Å². The fourth-order valence-electron chi connectivity index (χ4n) is 2.02. The van der Waals surface area contributed by atoms with Crippen LogP contribution in [0.3, 0.4) is 0 Å². The van der Waals surface area contributed by atoms with Crippen molar-refractivity contribution < 1.29 is 8.42 Å². The first-order chi connectivity index (χ1) is 8.51. The van der Waals surface area contributed by atoms with Gasteiger partial charge in [-0.25, -0.2) is 8.42 Å². The number of nitrogens with zero attached hydrogens (tertiary/aromatic N) is 1. The van der Waals surface area contributed by atoms with E-state index in [1.807, 2.05) is 6.92 Å². The van der Waals surface area contributed by atoms with Crippen molar-refractivity contribution in [3.05, 3.63) is 28.8 Å².